The summed E-state index contributed by atoms with van der Waals surface area (Å²) in [7, 11) is -1.37. The molecule has 2 aromatic rings. The average molecular weight is 333 g/mol. The topological polar surface area (TPSA) is 0 Å². The third-order valence-corrected chi connectivity index (χ3v) is 8.18. The van der Waals surface area contributed by atoms with E-state index in [0.29, 0.717) is 0 Å². The molecule has 2 aromatic carbocycles. The molecule has 3 rings (SSSR count). The van der Waals surface area contributed by atoms with Crippen LogP contribution >= 0.6 is 0 Å². The molecule has 0 heterocycles. The van der Waals surface area contributed by atoms with Gasteiger partial charge in [-0.05, 0) is 48.0 Å². The molecule has 0 amide bonds. The van der Waals surface area contributed by atoms with E-state index in [0.717, 1.165) is 6.42 Å². The first-order valence-corrected chi connectivity index (χ1v) is 10.6. The summed E-state index contributed by atoms with van der Waals surface area (Å²) in [4.78, 5) is 0. The Morgan fingerprint density at radius 2 is 1.04 bits per heavy atom. The van der Waals surface area contributed by atoms with Gasteiger partial charge in [-0.3, -0.25) is 0 Å². The number of rotatable bonds is 3. The highest BCUT2D eigenvalue weighted by Crippen LogP contribution is 2.26. The largest absolute Gasteiger partial charge is 0.128 e. The van der Waals surface area contributed by atoms with Gasteiger partial charge in [0.15, 0.2) is 0 Å². The van der Waals surface area contributed by atoms with Gasteiger partial charge in [-0.1, -0.05) is 91.4 Å². The van der Waals surface area contributed by atoms with Crippen molar-refractivity contribution in [3.8, 4) is 0 Å². The molecule has 1 heteroatoms. The minimum atomic E-state index is -1.37. The van der Waals surface area contributed by atoms with E-state index in [9.17, 15) is 0 Å². The van der Waals surface area contributed by atoms with Gasteiger partial charge in [0.1, 0.15) is 8.80 Å². The van der Waals surface area contributed by atoms with E-state index in [-0.39, 0.29) is 0 Å². The second-order valence-corrected chi connectivity index (χ2v) is 10.6. The lowest BCUT2D eigenvalue weighted by Crippen LogP contribution is -2.44. The summed E-state index contributed by atoms with van der Waals surface area (Å²) in [6, 6.07) is 14.3. The molecule has 0 fully saturated rings. The van der Waals surface area contributed by atoms with Crippen molar-refractivity contribution in [1.29, 1.82) is 0 Å². The number of allylic oxidation sites excluding steroid dienone is 4. The molecular formula is C23H28Si. The van der Waals surface area contributed by atoms with Gasteiger partial charge in [0.25, 0.3) is 0 Å². The average Bonchev–Trinajstić information content (AvgIpc) is 2.76. The third kappa shape index (κ3) is 3.46. The van der Waals surface area contributed by atoms with Crippen LogP contribution in [0, 0.1) is 27.7 Å². The summed E-state index contributed by atoms with van der Waals surface area (Å²) in [5.74, 6) is 0. The molecule has 0 bridgehead atoms. The molecule has 1 aliphatic rings. The Morgan fingerprint density at radius 1 is 0.625 bits per heavy atom. The first-order valence-electron chi connectivity index (χ1n) is 8.86. The van der Waals surface area contributed by atoms with Crippen molar-refractivity contribution >= 4 is 19.2 Å². The maximum atomic E-state index is 2.47. The SMILES string of the molecule is CC1=C(C)CC([SiH](c2cc(C)cc(C)c2)c2cc(C)cc(C)c2)=C1. The molecule has 0 unspecified atom stereocenters. The predicted octanol–water partition coefficient (Wildman–Crippen LogP) is 4.47. The molecule has 0 radical (unpaired) electrons. The van der Waals surface area contributed by atoms with Gasteiger partial charge in [-0.2, -0.15) is 0 Å². The maximum absolute atomic E-state index is 2.47. The minimum Gasteiger partial charge on any atom is -0.0701 e. The summed E-state index contributed by atoms with van der Waals surface area (Å²) in [5.41, 5.74) is 8.53. The molecule has 0 aromatic heterocycles. The summed E-state index contributed by atoms with van der Waals surface area (Å²) in [6.45, 7) is 13.4. The van der Waals surface area contributed by atoms with E-state index in [2.05, 4.69) is 84.0 Å². The highest BCUT2D eigenvalue weighted by molar-refractivity contribution is 6.91. The number of aryl methyl sites for hydroxylation is 4. The van der Waals surface area contributed by atoms with Crippen LogP contribution < -0.4 is 10.4 Å². The van der Waals surface area contributed by atoms with Crippen molar-refractivity contribution in [2.75, 3.05) is 0 Å². The van der Waals surface area contributed by atoms with Crippen LogP contribution in [0.3, 0.4) is 0 Å². The summed E-state index contributed by atoms with van der Waals surface area (Å²) in [6.07, 6.45) is 3.63. The van der Waals surface area contributed by atoms with Crippen LogP contribution in [0.25, 0.3) is 0 Å². The van der Waals surface area contributed by atoms with Crippen molar-refractivity contribution in [2.45, 2.75) is 48.0 Å². The Labute approximate surface area is 148 Å². The quantitative estimate of drug-likeness (QED) is 0.728. The molecule has 0 nitrogen and oxygen atoms in total. The molecule has 0 N–H and O–H groups in total. The molecule has 0 atom stereocenters. The third-order valence-electron chi connectivity index (χ3n) is 5.07. The second-order valence-electron chi connectivity index (χ2n) is 7.63. The molecule has 0 aliphatic heterocycles. The van der Waals surface area contributed by atoms with E-state index in [1.54, 1.807) is 15.6 Å². The molecule has 1 aliphatic carbocycles. The number of benzene rings is 2. The molecular weight excluding hydrogens is 304 g/mol. The lowest BCUT2D eigenvalue weighted by Gasteiger charge is -2.21. The zero-order valence-electron chi connectivity index (χ0n) is 15.8. The standard InChI is InChI=1S/C23H28Si/c1-15-7-16(2)10-21(9-15)24(23-13-19(5)20(6)14-23)22-11-17(3)8-18(4)12-22/h7-13,24H,14H2,1-6H3. The highest BCUT2D eigenvalue weighted by Gasteiger charge is 2.25. The fourth-order valence-electron chi connectivity index (χ4n) is 4.06. The van der Waals surface area contributed by atoms with Crippen molar-refractivity contribution in [3.63, 3.8) is 0 Å². The van der Waals surface area contributed by atoms with Gasteiger partial charge in [0.05, 0.1) is 0 Å². The summed E-state index contributed by atoms with van der Waals surface area (Å²) >= 11 is 0. The van der Waals surface area contributed by atoms with E-state index in [1.165, 1.54) is 33.4 Å². The van der Waals surface area contributed by atoms with Crippen molar-refractivity contribution < 1.29 is 0 Å². The first kappa shape index (κ1) is 17.0. The Morgan fingerprint density at radius 3 is 1.38 bits per heavy atom. The van der Waals surface area contributed by atoms with Crippen LogP contribution in [-0.2, 0) is 0 Å². The molecule has 0 spiro atoms. The Kier molecular flexibility index (Phi) is 4.64. The zero-order chi connectivity index (χ0) is 17.4. The number of hydrogen-bond acceptors (Lipinski definition) is 0. The normalized spacial score (nSPS) is 14.5. The first-order chi connectivity index (χ1) is 11.3. The minimum absolute atomic E-state index is 1.16. The fraction of sp³-hybridized carbons (Fsp3) is 0.304. The number of hydrogen-bond donors (Lipinski definition) is 0. The zero-order valence-corrected chi connectivity index (χ0v) is 17.0. The lowest BCUT2D eigenvalue weighted by atomic mass is 10.2. The van der Waals surface area contributed by atoms with E-state index in [1.807, 2.05) is 0 Å². The lowest BCUT2D eigenvalue weighted by molar-refractivity contribution is 1.20. The Bertz CT molecular complexity index is 760. The fourth-order valence-corrected chi connectivity index (χ4v) is 7.94. The van der Waals surface area contributed by atoms with Gasteiger partial charge in [-0.25, -0.2) is 0 Å². The molecule has 0 saturated heterocycles. The molecule has 124 valence electrons. The highest BCUT2D eigenvalue weighted by atomic mass is 28.3. The van der Waals surface area contributed by atoms with Gasteiger partial charge < -0.3 is 0 Å². The van der Waals surface area contributed by atoms with Crippen LogP contribution in [0.5, 0.6) is 0 Å². The Hall–Kier alpha value is -1.86. The van der Waals surface area contributed by atoms with Crippen molar-refractivity contribution in [1.82, 2.24) is 0 Å². The monoisotopic (exact) mass is 332 g/mol. The summed E-state index contributed by atoms with van der Waals surface area (Å²) in [5, 5.41) is 4.79. The smallest absolute Gasteiger partial charge is 0.0701 e. The van der Waals surface area contributed by atoms with Gasteiger partial charge in [-0.15, -0.1) is 0 Å². The summed E-state index contributed by atoms with van der Waals surface area (Å²) < 4.78 is 0. The molecule has 0 saturated carbocycles. The maximum Gasteiger partial charge on any atom is 0.128 e. The van der Waals surface area contributed by atoms with Crippen LogP contribution in [-0.4, -0.2) is 8.80 Å². The van der Waals surface area contributed by atoms with Gasteiger partial charge in [0.2, 0.25) is 0 Å². The van der Waals surface area contributed by atoms with Crippen LogP contribution in [0.2, 0.25) is 0 Å². The van der Waals surface area contributed by atoms with Crippen LogP contribution in [0.15, 0.2) is 58.8 Å². The van der Waals surface area contributed by atoms with Gasteiger partial charge >= 0.3 is 0 Å². The predicted molar refractivity (Wildman–Crippen MR) is 109 cm³/mol. The van der Waals surface area contributed by atoms with E-state index in [4.69, 9.17) is 0 Å². The van der Waals surface area contributed by atoms with Gasteiger partial charge in [0, 0.05) is 0 Å². The van der Waals surface area contributed by atoms with Crippen molar-refractivity contribution in [3.05, 3.63) is 81.1 Å². The van der Waals surface area contributed by atoms with Crippen LogP contribution in [0.1, 0.15) is 42.5 Å². The molecule has 24 heavy (non-hydrogen) atoms. The Balaban J connectivity index is 2.16. The van der Waals surface area contributed by atoms with E-state index >= 15 is 0 Å². The van der Waals surface area contributed by atoms with E-state index < -0.39 is 8.80 Å². The van der Waals surface area contributed by atoms with Crippen molar-refractivity contribution in [2.24, 2.45) is 0 Å². The van der Waals surface area contributed by atoms with Crippen LogP contribution in [0.4, 0.5) is 0 Å². The second kappa shape index (κ2) is 6.56.